The van der Waals surface area contributed by atoms with E-state index in [0.717, 1.165) is 34.5 Å². The minimum absolute atomic E-state index is 0.0105. The average molecular weight is 490 g/mol. The van der Waals surface area contributed by atoms with Crippen molar-refractivity contribution in [1.29, 1.82) is 0 Å². The summed E-state index contributed by atoms with van der Waals surface area (Å²) in [6.45, 7) is 7.78. The lowest BCUT2D eigenvalue weighted by molar-refractivity contribution is -0.144. The van der Waals surface area contributed by atoms with E-state index in [2.05, 4.69) is 5.32 Å². The number of allylic oxidation sites excluding steroid dienone is 3. The molecule has 1 heterocycles. The molecule has 0 aromatic heterocycles. The van der Waals surface area contributed by atoms with Gasteiger partial charge in [-0.2, -0.15) is 0 Å². The summed E-state index contributed by atoms with van der Waals surface area (Å²) in [6.07, 6.45) is 1.53. The maximum atomic E-state index is 13.8. The van der Waals surface area contributed by atoms with E-state index >= 15 is 0 Å². The molecular weight excluding hydrogens is 454 g/mol. The molecule has 4 rings (SSSR count). The summed E-state index contributed by atoms with van der Waals surface area (Å²) >= 11 is 0. The normalized spacial score (nSPS) is 20.4. The molecule has 0 amide bonds. The number of Topliss-reactive ketones (excluding diaryl/α,β-unsaturated/α-hetero) is 1. The third-order valence-corrected chi connectivity index (χ3v) is 7.22. The summed E-state index contributed by atoms with van der Waals surface area (Å²) < 4.78 is 16.6. The van der Waals surface area contributed by atoms with Crippen molar-refractivity contribution in [2.45, 2.75) is 64.9 Å². The van der Waals surface area contributed by atoms with Crippen LogP contribution in [0.15, 0.2) is 65.0 Å². The number of methoxy groups -OCH3 is 2. The highest BCUT2D eigenvalue weighted by Gasteiger charge is 2.41. The molecule has 3 atom stereocenters. The van der Waals surface area contributed by atoms with Crippen LogP contribution in [0.3, 0.4) is 0 Å². The Balaban J connectivity index is 1.76. The molecule has 0 bridgehead atoms. The number of benzene rings is 2. The molecule has 0 saturated carbocycles. The molecule has 1 aliphatic heterocycles. The third kappa shape index (κ3) is 4.90. The molecular formula is C30H35NO5. The summed E-state index contributed by atoms with van der Waals surface area (Å²) in [7, 11) is 3.21. The fourth-order valence-electron chi connectivity index (χ4n) is 5.07. The fraction of sp³-hybridized carbons (Fsp3) is 0.400. The van der Waals surface area contributed by atoms with Gasteiger partial charge in [-0.1, -0.05) is 42.8 Å². The van der Waals surface area contributed by atoms with E-state index in [1.807, 2.05) is 70.2 Å². The minimum atomic E-state index is -0.461. The summed E-state index contributed by atoms with van der Waals surface area (Å²) in [4.78, 5) is 27.1. The topological polar surface area (TPSA) is 73.9 Å². The van der Waals surface area contributed by atoms with Gasteiger partial charge in [-0.3, -0.25) is 4.79 Å². The van der Waals surface area contributed by atoms with Crippen molar-refractivity contribution in [2.24, 2.45) is 0 Å². The third-order valence-electron chi connectivity index (χ3n) is 7.22. The number of rotatable bonds is 7. The number of carbonyl (C=O) groups excluding carboxylic acids is 2. The van der Waals surface area contributed by atoms with Gasteiger partial charge in [-0.15, -0.1) is 0 Å². The van der Waals surface area contributed by atoms with Crippen LogP contribution in [0, 0.1) is 6.92 Å². The highest BCUT2D eigenvalue weighted by atomic mass is 16.5. The first-order valence-corrected chi connectivity index (χ1v) is 12.5. The van der Waals surface area contributed by atoms with Crippen molar-refractivity contribution in [2.75, 3.05) is 14.2 Å². The standard InChI is InChI=1S/C30H35NO5/c1-7-18(3)36-30(33)27-19(4)31-23-14-22(21-12-13-25(34-5)26(16-21)35-6)15-24(32)29(23)28(27)20-10-8-17(2)9-11-20/h8-13,16,18,22,28,31H,7,14-15H2,1-6H3. The van der Waals surface area contributed by atoms with Crippen LogP contribution in [0.5, 0.6) is 11.5 Å². The van der Waals surface area contributed by atoms with E-state index in [-0.39, 0.29) is 23.8 Å². The minimum Gasteiger partial charge on any atom is -0.493 e. The van der Waals surface area contributed by atoms with Gasteiger partial charge in [-0.25, -0.2) is 4.79 Å². The summed E-state index contributed by atoms with van der Waals surface area (Å²) in [5.41, 5.74) is 5.83. The van der Waals surface area contributed by atoms with E-state index in [4.69, 9.17) is 14.2 Å². The van der Waals surface area contributed by atoms with Crippen LogP contribution in [0.1, 0.15) is 68.6 Å². The van der Waals surface area contributed by atoms with Crippen LogP contribution in [-0.2, 0) is 14.3 Å². The fourth-order valence-corrected chi connectivity index (χ4v) is 5.07. The zero-order valence-electron chi connectivity index (χ0n) is 21.9. The van der Waals surface area contributed by atoms with E-state index < -0.39 is 5.92 Å². The highest BCUT2D eigenvalue weighted by Crippen LogP contribution is 2.46. The van der Waals surface area contributed by atoms with Crippen LogP contribution in [0.25, 0.3) is 0 Å². The maximum absolute atomic E-state index is 13.8. The Labute approximate surface area is 213 Å². The number of ketones is 1. The molecule has 1 aliphatic carbocycles. The molecule has 0 spiro atoms. The second-order valence-electron chi connectivity index (χ2n) is 9.67. The van der Waals surface area contributed by atoms with E-state index in [1.54, 1.807) is 14.2 Å². The van der Waals surface area contributed by atoms with Crippen molar-refractivity contribution < 1.29 is 23.8 Å². The monoisotopic (exact) mass is 489 g/mol. The van der Waals surface area contributed by atoms with Gasteiger partial charge >= 0.3 is 5.97 Å². The molecule has 6 nitrogen and oxygen atoms in total. The van der Waals surface area contributed by atoms with Gasteiger partial charge in [0.1, 0.15) is 0 Å². The Morgan fingerprint density at radius 2 is 1.67 bits per heavy atom. The molecule has 2 aromatic rings. The van der Waals surface area contributed by atoms with Gasteiger partial charge in [0.05, 0.1) is 25.9 Å². The number of esters is 1. The molecule has 0 saturated heterocycles. The predicted molar refractivity (Wildman–Crippen MR) is 139 cm³/mol. The number of hydrogen-bond donors (Lipinski definition) is 1. The summed E-state index contributed by atoms with van der Waals surface area (Å²) in [6, 6.07) is 13.9. The van der Waals surface area contributed by atoms with Crippen molar-refractivity contribution in [3.63, 3.8) is 0 Å². The number of carbonyl (C=O) groups is 2. The van der Waals surface area contributed by atoms with Gasteiger partial charge in [0.25, 0.3) is 0 Å². The van der Waals surface area contributed by atoms with E-state index in [1.165, 1.54) is 0 Å². The number of ether oxygens (including phenoxy) is 3. The number of hydrogen-bond acceptors (Lipinski definition) is 6. The first kappa shape index (κ1) is 25.5. The molecule has 36 heavy (non-hydrogen) atoms. The Bertz CT molecular complexity index is 1220. The molecule has 2 aromatic carbocycles. The van der Waals surface area contributed by atoms with Crippen molar-refractivity contribution in [1.82, 2.24) is 5.32 Å². The zero-order chi connectivity index (χ0) is 26.0. The predicted octanol–water partition coefficient (Wildman–Crippen LogP) is 5.72. The lowest BCUT2D eigenvalue weighted by Crippen LogP contribution is -2.36. The Hall–Kier alpha value is -3.54. The number of dihydropyridines is 1. The van der Waals surface area contributed by atoms with Gasteiger partial charge in [0, 0.05) is 29.3 Å². The Morgan fingerprint density at radius 1 is 1.00 bits per heavy atom. The molecule has 0 fully saturated rings. The molecule has 3 unspecified atom stereocenters. The molecule has 190 valence electrons. The average Bonchev–Trinajstić information content (AvgIpc) is 2.87. The quantitative estimate of drug-likeness (QED) is 0.502. The SMILES string of the molecule is CCC(C)OC(=O)C1=C(C)NC2=C(C(=O)CC(c3ccc(OC)c(OC)c3)C2)C1c1ccc(C)cc1. The number of nitrogens with one attached hydrogen (secondary N) is 1. The van der Waals surface area contributed by atoms with Crippen LogP contribution in [0.4, 0.5) is 0 Å². The van der Waals surface area contributed by atoms with Crippen molar-refractivity contribution in [3.8, 4) is 11.5 Å². The van der Waals surface area contributed by atoms with Crippen LogP contribution in [0.2, 0.25) is 0 Å². The Kier molecular flexibility index (Phi) is 7.53. The molecule has 6 heteroatoms. The van der Waals surface area contributed by atoms with Gasteiger partial charge in [-0.05, 0) is 62.8 Å². The van der Waals surface area contributed by atoms with Crippen molar-refractivity contribution in [3.05, 3.63) is 81.7 Å². The van der Waals surface area contributed by atoms with Gasteiger partial charge in [0.2, 0.25) is 0 Å². The first-order valence-electron chi connectivity index (χ1n) is 12.5. The highest BCUT2D eigenvalue weighted by molar-refractivity contribution is 6.04. The summed E-state index contributed by atoms with van der Waals surface area (Å²) in [5.74, 6) is 0.488. The van der Waals surface area contributed by atoms with Crippen LogP contribution >= 0.6 is 0 Å². The zero-order valence-corrected chi connectivity index (χ0v) is 21.9. The molecule has 2 aliphatic rings. The summed E-state index contributed by atoms with van der Waals surface area (Å²) in [5, 5.41) is 3.41. The largest absolute Gasteiger partial charge is 0.493 e. The smallest absolute Gasteiger partial charge is 0.337 e. The van der Waals surface area contributed by atoms with E-state index in [9.17, 15) is 9.59 Å². The van der Waals surface area contributed by atoms with Crippen LogP contribution < -0.4 is 14.8 Å². The first-order chi connectivity index (χ1) is 17.3. The lowest BCUT2D eigenvalue weighted by atomic mass is 9.71. The lowest BCUT2D eigenvalue weighted by Gasteiger charge is -2.37. The second kappa shape index (κ2) is 10.6. The van der Waals surface area contributed by atoms with Gasteiger partial charge in [0.15, 0.2) is 17.3 Å². The van der Waals surface area contributed by atoms with Gasteiger partial charge < -0.3 is 19.5 Å². The molecule has 0 radical (unpaired) electrons. The van der Waals surface area contributed by atoms with Crippen molar-refractivity contribution >= 4 is 11.8 Å². The Morgan fingerprint density at radius 3 is 2.31 bits per heavy atom. The van der Waals surface area contributed by atoms with E-state index in [0.29, 0.717) is 35.5 Å². The van der Waals surface area contributed by atoms with Crippen LogP contribution in [-0.4, -0.2) is 32.1 Å². The number of aryl methyl sites for hydroxylation is 1. The maximum Gasteiger partial charge on any atom is 0.337 e. The molecule has 1 N–H and O–H groups in total. The second-order valence-corrected chi connectivity index (χ2v) is 9.67.